The van der Waals surface area contributed by atoms with Crippen LogP contribution in [-0.2, 0) is 12.8 Å². The second-order valence-electron chi connectivity index (χ2n) is 6.06. The average Bonchev–Trinajstić information content (AvgIpc) is 3.35. The van der Waals surface area contributed by atoms with Crippen LogP contribution in [0, 0.1) is 0 Å². The molecule has 0 amide bonds. The maximum atomic E-state index is 5.62. The summed E-state index contributed by atoms with van der Waals surface area (Å²) in [5, 5.41) is 4.07. The predicted molar refractivity (Wildman–Crippen MR) is 90.7 cm³/mol. The van der Waals surface area contributed by atoms with Crippen molar-refractivity contribution in [3.05, 3.63) is 47.9 Å². The van der Waals surface area contributed by atoms with Gasteiger partial charge in [0.05, 0.1) is 0 Å². The molecule has 0 unspecified atom stereocenters. The van der Waals surface area contributed by atoms with Gasteiger partial charge in [0, 0.05) is 12.0 Å². The number of rotatable bonds is 4. The van der Waals surface area contributed by atoms with E-state index >= 15 is 0 Å². The van der Waals surface area contributed by atoms with Gasteiger partial charge in [0.25, 0.3) is 0 Å². The van der Waals surface area contributed by atoms with Crippen LogP contribution in [-0.4, -0.2) is 30.1 Å². The van der Waals surface area contributed by atoms with E-state index in [0.29, 0.717) is 37.1 Å². The number of aryl methyl sites for hydroxylation is 2. The molecule has 2 aromatic carbocycles. The maximum absolute atomic E-state index is 5.62. The van der Waals surface area contributed by atoms with Crippen molar-refractivity contribution in [3.8, 4) is 34.4 Å². The molecule has 0 bridgehead atoms. The van der Waals surface area contributed by atoms with Crippen molar-refractivity contribution >= 4 is 0 Å². The van der Waals surface area contributed by atoms with E-state index in [1.54, 1.807) is 0 Å². The Morgan fingerprint density at radius 1 is 0.769 bits per heavy atom. The molecule has 0 saturated carbocycles. The van der Waals surface area contributed by atoms with Crippen LogP contribution in [0.3, 0.4) is 0 Å². The highest BCUT2D eigenvalue weighted by Gasteiger charge is 2.17. The first kappa shape index (κ1) is 15.1. The van der Waals surface area contributed by atoms with Crippen molar-refractivity contribution in [2.75, 3.05) is 20.0 Å². The van der Waals surface area contributed by atoms with E-state index in [2.05, 4.69) is 10.1 Å². The number of hydrogen-bond acceptors (Lipinski definition) is 7. The van der Waals surface area contributed by atoms with E-state index in [0.717, 1.165) is 34.8 Å². The molecule has 1 aromatic heterocycles. The lowest BCUT2D eigenvalue weighted by Crippen LogP contribution is -2.15. The number of fused-ring (bicyclic) bond motifs is 2. The lowest BCUT2D eigenvalue weighted by molar-refractivity contribution is 0.171. The Kier molecular flexibility index (Phi) is 3.62. The fourth-order valence-corrected chi connectivity index (χ4v) is 3.00. The van der Waals surface area contributed by atoms with Crippen LogP contribution >= 0.6 is 0 Å². The molecule has 26 heavy (non-hydrogen) atoms. The van der Waals surface area contributed by atoms with E-state index in [4.69, 9.17) is 23.5 Å². The molecule has 132 valence electrons. The number of ether oxygens (including phenoxy) is 4. The van der Waals surface area contributed by atoms with Gasteiger partial charge in [0.2, 0.25) is 18.5 Å². The van der Waals surface area contributed by atoms with Gasteiger partial charge >= 0.3 is 0 Å². The van der Waals surface area contributed by atoms with Crippen LogP contribution in [0.4, 0.5) is 0 Å². The average molecular weight is 352 g/mol. The first-order valence-corrected chi connectivity index (χ1v) is 8.46. The first-order valence-electron chi connectivity index (χ1n) is 8.46. The summed E-state index contributed by atoms with van der Waals surface area (Å²) in [4.78, 5) is 4.48. The Morgan fingerprint density at radius 3 is 2.50 bits per heavy atom. The van der Waals surface area contributed by atoms with Gasteiger partial charge in [-0.05, 0) is 42.3 Å². The summed E-state index contributed by atoms with van der Waals surface area (Å²) in [7, 11) is 0. The minimum Gasteiger partial charge on any atom is -0.486 e. The van der Waals surface area contributed by atoms with Gasteiger partial charge in [-0.3, -0.25) is 0 Å². The smallest absolute Gasteiger partial charge is 0.231 e. The van der Waals surface area contributed by atoms with Crippen molar-refractivity contribution in [2.24, 2.45) is 0 Å². The quantitative estimate of drug-likeness (QED) is 0.714. The van der Waals surface area contributed by atoms with Crippen LogP contribution in [0.5, 0.6) is 23.0 Å². The summed E-state index contributed by atoms with van der Waals surface area (Å²) in [6, 6.07) is 11.6. The SMILES string of the molecule is c1cc2c(cc1CCc1nc(-c3ccc4c(c3)OCO4)no1)OCCO2. The largest absolute Gasteiger partial charge is 0.486 e. The van der Waals surface area contributed by atoms with Gasteiger partial charge in [0.1, 0.15) is 13.2 Å². The van der Waals surface area contributed by atoms with Gasteiger partial charge in [-0.15, -0.1) is 0 Å². The molecule has 3 heterocycles. The van der Waals surface area contributed by atoms with E-state index in [1.807, 2.05) is 36.4 Å². The van der Waals surface area contributed by atoms with Crippen LogP contribution < -0.4 is 18.9 Å². The standard InChI is InChI=1S/C19H16N2O5/c1-4-14-16(23-8-7-22-14)9-12(1)2-6-18-20-19(21-26-18)13-3-5-15-17(10-13)25-11-24-15/h1,3-5,9-10H,2,6-8,11H2. The number of aromatic nitrogens is 2. The second kappa shape index (κ2) is 6.25. The normalized spacial score (nSPS) is 14.5. The predicted octanol–water partition coefficient (Wildman–Crippen LogP) is 3.02. The van der Waals surface area contributed by atoms with Crippen molar-refractivity contribution in [2.45, 2.75) is 12.8 Å². The third-order valence-electron chi connectivity index (χ3n) is 4.33. The molecule has 3 aromatic rings. The third-order valence-corrected chi connectivity index (χ3v) is 4.33. The van der Waals surface area contributed by atoms with Crippen LogP contribution in [0.25, 0.3) is 11.4 Å². The molecule has 0 fully saturated rings. The molecular weight excluding hydrogens is 336 g/mol. The lowest BCUT2D eigenvalue weighted by Gasteiger charge is -2.18. The number of hydrogen-bond donors (Lipinski definition) is 0. The van der Waals surface area contributed by atoms with Gasteiger partial charge in [-0.25, -0.2) is 0 Å². The van der Waals surface area contributed by atoms with Crippen molar-refractivity contribution in [1.29, 1.82) is 0 Å². The highest BCUT2D eigenvalue weighted by atomic mass is 16.7. The van der Waals surface area contributed by atoms with Crippen molar-refractivity contribution < 1.29 is 23.5 Å². The zero-order chi connectivity index (χ0) is 17.3. The minimum atomic E-state index is 0.242. The van der Waals surface area contributed by atoms with E-state index in [1.165, 1.54) is 0 Å². The van der Waals surface area contributed by atoms with Crippen molar-refractivity contribution in [1.82, 2.24) is 10.1 Å². The monoisotopic (exact) mass is 352 g/mol. The minimum absolute atomic E-state index is 0.242. The number of benzene rings is 2. The molecule has 2 aliphatic rings. The van der Waals surface area contributed by atoms with Crippen LogP contribution in [0.15, 0.2) is 40.9 Å². The van der Waals surface area contributed by atoms with E-state index in [9.17, 15) is 0 Å². The lowest BCUT2D eigenvalue weighted by atomic mass is 10.1. The molecular formula is C19H16N2O5. The van der Waals surface area contributed by atoms with E-state index < -0.39 is 0 Å². The topological polar surface area (TPSA) is 75.8 Å². The zero-order valence-electron chi connectivity index (χ0n) is 13.9. The van der Waals surface area contributed by atoms with Crippen molar-refractivity contribution in [3.63, 3.8) is 0 Å². The summed E-state index contributed by atoms with van der Waals surface area (Å²) in [5.74, 6) is 4.15. The Balaban J connectivity index is 1.29. The summed E-state index contributed by atoms with van der Waals surface area (Å²) in [6.45, 7) is 1.42. The zero-order valence-corrected chi connectivity index (χ0v) is 13.9. The second-order valence-corrected chi connectivity index (χ2v) is 6.06. The molecule has 0 N–H and O–H groups in total. The Morgan fingerprint density at radius 2 is 1.54 bits per heavy atom. The van der Waals surface area contributed by atoms with Crippen LogP contribution in [0.2, 0.25) is 0 Å². The first-order chi connectivity index (χ1) is 12.8. The van der Waals surface area contributed by atoms with Gasteiger partial charge in [0.15, 0.2) is 23.0 Å². The third kappa shape index (κ3) is 2.81. The Labute approximate surface area is 149 Å². The molecule has 7 heteroatoms. The summed E-state index contributed by atoms with van der Waals surface area (Å²) >= 11 is 0. The molecule has 0 atom stereocenters. The molecule has 0 radical (unpaired) electrons. The summed E-state index contributed by atoms with van der Waals surface area (Å²) in [6.07, 6.45) is 1.43. The highest BCUT2D eigenvalue weighted by Crippen LogP contribution is 2.35. The fourth-order valence-electron chi connectivity index (χ4n) is 3.00. The number of nitrogens with zero attached hydrogens (tertiary/aromatic N) is 2. The molecule has 5 rings (SSSR count). The molecule has 7 nitrogen and oxygen atoms in total. The summed E-state index contributed by atoms with van der Waals surface area (Å²) in [5.41, 5.74) is 1.97. The Bertz CT molecular complexity index is 953. The fraction of sp³-hybridized carbons (Fsp3) is 0.263. The maximum Gasteiger partial charge on any atom is 0.231 e. The van der Waals surface area contributed by atoms with Gasteiger partial charge < -0.3 is 23.5 Å². The summed E-state index contributed by atoms with van der Waals surface area (Å²) < 4.78 is 27.2. The molecule has 2 aliphatic heterocycles. The van der Waals surface area contributed by atoms with Crippen LogP contribution in [0.1, 0.15) is 11.5 Å². The molecule has 0 saturated heterocycles. The highest BCUT2D eigenvalue weighted by molar-refractivity contribution is 5.61. The van der Waals surface area contributed by atoms with Gasteiger partial charge in [-0.1, -0.05) is 11.2 Å². The molecule has 0 aliphatic carbocycles. The Hall–Kier alpha value is -3.22. The van der Waals surface area contributed by atoms with E-state index in [-0.39, 0.29) is 6.79 Å². The van der Waals surface area contributed by atoms with Gasteiger partial charge in [-0.2, -0.15) is 4.98 Å². The molecule has 0 spiro atoms.